The molecule has 1 aromatic heterocycles. The number of hydrogen-bond acceptors (Lipinski definition) is 3. The third-order valence-corrected chi connectivity index (χ3v) is 3.50. The standard InChI is InChI=1S/C14H13Cl2NO4/c1-2-21-14(20)13-8(3-4-11(18)19)12-9(16)5-7(15)6-10(12)17-13/h5-6,17H,2-4H2,1H3,(H,18,19). The molecule has 2 aromatic rings. The number of rotatable bonds is 5. The van der Waals surface area contributed by atoms with Gasteiger partial charge >= 0.3 is 11.9 Å². The van der Waals surface area contributed by atoms with Crippen LogP contribution in [0.25, 0.3) is 10.9 Å². The molecule has 0 amide bonds. The third kappa shape index (κ3) is 3.31. The van der Waals surface area contributed by atoms with Gasteiger partial charge in [0.05, 0.1) is 11.6 Å². The number of carboxylic acid groups (broad SMARTS) is 1. The molecule has 0 radical (unpaired) electrons. The van der Waals surface area contributed by atoms with E-state index in [1.807, 2.05) is 0 Å². The van der Waals surface area contributed by atoms with E-state index in [2.05, 4.69) is 4.98 Å². The van der Waals surface area contributed by atoms with E-state index >= 15 is 0 Å². The molecule has 7 heteroatoms. The van der Waals surface area contributed by atoms with E-state index in [-0.39, 0.29) is 25.1 Å². The van der Waals surface area contributed by atoms with Crippen LogP contribution in [0, 0.1) is 0 Å². The average molecular weight is 330 g/mol. The predicted octanol–water partition coefficient (Wildman–Crippen LogP) is 3.67. The molecule has 2 rings (SSSR count). The van der Waals surface area contributed by atoms with Crippen LogP contribution in [-0.2, 0) is 16.0 Å². The van der Waals surface area contributed by atoms with Crippen LogP contribution >= 0.6 is 23.2 Å². The molecule has 0 unspecified atom stereocenters. The molecular formula is C14H13Cl2NO4. The summed E-state index contributed by atoms with van der Waals surface area (Å²) in [6.45, 7) is 1.92. The summed E-state index contributed by atoms with van der Waals surface area (Å²) in [4.78, 5) is 25.7. The number of aliphatic carboxylic acids is 1. The number of ether oxygens (including phenoxy) is 1. The number of nitrogens with one attached hydrogen (secondary N) is 1. The summed E-state index contributed by atoms with van der Waals surface area (Å²) < 4.78 is 4.98. The fourth-order valence-corrected chi connectivity index (χ4v) is 2.78. The van der Waals surface area contributed by atoms with Crippen LogP contribution in [0.5, 0.6) is 0 Å². The number of H-pyrrole nitrogens is 1. The van der Waals surface area contributed by atoms with E-state index < -0.39 is 11.9 Å². The monoisotopic (exact) mass is 329 g/mol. The van der Waals surface area contributed by atoms with E-state index in [0.717, 1.165) is 0 Å². The van der Waals surface area contributed by atoms with E-state index in [1.165, 1.54) is 0 Å². The van der Waals surface area contributed by atoms with Gasteiger partial charge < -0.3 is 14.8 Å². The lowest BCUT2D eigenvalue weighted by Crippen LogP contribution is -2.09. The fraction of sp³-hybridized carbons (Fsp3) is 0.286. The van der Waals surface area contributed by atoms with Crippen molar-refractivity contribution in [3.8, 4) is 0 Å². The van der Waals surface area contributed by atoms with Crippen molar-refractivity contribution < 1.29 is 19.4 Å². The molecule has 1 heterocycles. The number of benzene rings is 1. The molecule has 0 bridgehead atoms. The number of carbonyl (C=O) groups is 2. The lowest BCUT2D eigenvalue weighted by molar-refractivity contribution is -0.136. The van der Waals surface area contributed by atoms with Gasteiger partial charge in [-0.25, -0.2) is 4.79 Å². The highest BCUT2D eigenvalue weighted by molar-refractivity contribution is 6.39. The van der Waals surface area contributed by atoms with Gasteiger partial charge in [0, 0.05) is 22.3 Å². The third-order valence-electron chi connectivity index (χ3n) is 2.99. The number of fused-ring (bicyclic) bond motifs is 1. The Hall–Kier alpha value is -1.72. The number of halogens is 2. The summed E-state index contributed by atoms with van der Waals surface area (Å²) in [5, 5.41) is 10.2. The van der Waals surface area contributed by atoms with Crippen molar-refractivity contribution >= 4 is 46.0 Å². The molecule has 21 heavy (non-hydrogen) atoms. The van der Waals surface area contributed by atoms with Crippen LogP contribution < -0.4 is 0 Å². The first-order valence-corrected chi connectivity index (χ1v) is 7.08. The maximum Gasteiger partial charge on any atom is 0.355 e. The molecule has 0 atom stereocenters. The van der Waals surface area contributed by atoms with Crippen LogP contribution in [0.2, 0.25) is 10.0 Å². The number of carbonyl (C=O) groups excluding carboxylic acids is 1. The number of hydrogen-bond donors (Lipinski definition) is 2. The van der Waals surface area contributed by atoms with E-state index in [0.29, 0.717) is 26.5 Å². The zero-order valence-corrected chi connectivity index (χ0v) is 12.7. The second kappa shape index (κ2) is 6.37. The molecule has 0 aliphatic heterocycles. The zero-order chi connectivity index (χ0) is 15.6. The number of esters is 1. The normalized spacial score (nSPS) is 10.8. The second-order valence-corrected chi connectivity index (χ2v) is 5.25. The fourth-order valence-electron chi connectivity index (χ4n) is 2.17. The molecule has 112 valence electrons. The minimum atomic E-state index is -0.954. The molecule has 1 aromatic carbocycles. The maximum atomic E-state index is 12.0. The summed E-state index contributed by atoms with van der Waals surface area (Å²) in [5.41, 5.74) is 1.33. The Bertz CT molecular complexity index is 709. The quantitative estimate of drug-likeness (QED) is 0.820. The Morgan fingerprint density at radius 1 is 1.33 bits per heavy atom. The van der Waals surface area contributed by atoms with E-state index in [9.17, 15) is 9.59 Å². The second-order valence-electron chi connectivity index (χ2n) is 4.40. The van der Waals surface area contributed by atoms with Gasteiger partial charge in [-0.3, -0.25) is 4.79 Å². The molecule has 5 nitrogen and oxygen atoms in total. The summed E-state index contributed by atoms with van der Waals surface area (Å²) in [6.07, 6.45) is 0.0587. The van der Waals surface area contributed by atoms with Crippen LogP contribution in [0.4, 0.5) is 0 Å². The largest absolute Gasteiger partial charge is 0.481 e. The Morgan fingerprint density at radius 3 is 2.67 bits per heavy atom. The van der Waals surface area contributed by atoms with Crippen molar-refractivity contribution in [2.45, 2.75) is 19.8 Å². The summed E-state index contributed by atoms with van der Waals surface area (Å²) in [5.74, 6) is -1.49. The Kier molecular flexibility index (Phi) is 4.75. The van der Waals surface area contributed by atoms with Gasteiger partial charge in [-0.15, -0.1) is 0 Å². The number of aromatic amines is 1. The lowest BCUT2D eigenvalue weighted by Gasteiger charge is -2.04. The highest BCUT2D eigenvalue weighted by Gasteiger charge is 2.21. The Labute approximate surface area is 130 Å². The van der Waals surface area contributed by atoms with Gasteiger partial charge in [0.25, 0.3) is 0 Å². The first-order valence-electron chi connectivity index (χ1n) is 6.32. The van der Waals surface area contributed by atoms with Crippen molar-refractivity contribution in [3.63, 3.8) is 0 Å². The minimum absolute atomic E-state index is 0.113. The molecule has 0 aliphatic rings. The van der Waals surface area contributed by atoms with Gasteiger partial charge in [-0.1, -0.05) is 23.2 Å². The first kappa shape index (κ1) is 15.7. The first-order chi connectivity index (χ1) is 9.93. The lowest BCUT2D eigenvalue weighted by atomic mass is 10.1. The molecule has 0 fully saturated rings. The maximum absolute atomic E-state index is 12.0. The highest BCUT2D eigenvalue weighted by Crippen LogP contribution is 2.33. The molecule has 2 N–H and O–H groups in total. The van der Waals surface area contributed by atoms with Crippen LogP contribution in [0.1, 0.15) is 29.4 Å². The molecule has 0 saturated heterocycles. The van der Waals surface area contributed by atoms with Gasteiger partial charge in [0.15, 0.2) is 0 Å². The van der Waals surface area contributed by atoms with Gasteiger partial charge in [-0.2, -0.15) is 0 Å². The molecular weight excluding hydrogens is 317 g/mol. The van der Waals surface area contributed by atoms with Crippen molar-refractivity contribution in [1.29, 1.82) is 0 Å². The topological polar surface area (TPSA) is 79.4 Å². The smallest absolute Gasteiger partial charge is 0.355 e. The molecule has 0 spiro atoms. The van der Waals surface area contributed by atoms with Gasteiger partial charge in [-0.05, 0) is 31.0 Å². The van der Waals surface area contributed by atoms with Crippen LogP contribution in [0.15, 0.2) is 12.1 Å². The van der Waals surface area contributed by atoms with Crippen molar-refractivity contribution in [1.82, 2.24) is 4.98 Å². The minimum Gasteiger partial charge on any atom is -0.481 e. The SMILES string of the molecule is CCOC(=O)c1[nH]c2cc(Cl)cc(Cl)c2c1CCC(=O)O. The number of aromatic nitrogens is 1. The molecule has 0 saturated carbocycles. The van der Waals surface area contributed by atoms with Crippen molar-refractivity contribution in [2.75, 3.05) is 6.61 Å². The highest BCUT2D eigenvalue weighted by atomic mass is 35.5. The van der Waals surface area contributed by atoms with Crippen molar-refractivity contribution in [2.24, 2.45) is 0 Å². The summed E-state index contributed by atoms with van der Waals surface area (Å²) in [7, 11) is 0. The van der Waals surface area contributed by atoms with Crippen LogP contribution in [0.3, 0.4) is 0 Å². The zero-order valence-electron chi connectivity index (χ0n) is 11.2. The van der Waals surface area contributed by atoms with Gasteiger partial charge in [0.2, 0.25) is 0 Å². The Balaban J connectivity index is 2.60. The number of aryl methyl sites for hydroxylation is 1. The summed E-state index contributed by atoms with van der Waals surface area (Å²) >= 11 is 12.1. The van der Waals surface area contributed by atoms with E-state index in [1.54, 1.807) is 19.1 Å². The van der Waals surface area contributed by atoms with Crippen LogP contribution in [-0.4, -0.2) is 28.6 Å². The van der Waals surface area contributed by atoms with E-state index in [4.69, 9.17) is 33.0 Å². The summed E-state index contributed by atoms with van der Waals surface area (Å²) in [6, 6.07) is 3.19. The predicted molar refractivity (Wildman–Crippen MR) is 80.2 cm³/mol. The average Bonchev–Trinajstić information content (AvgIpc) is 2.75. The molecule has 0 aliphatic carbocycles. The van der Waals surface area contributed by atoms with Gasteiger partial charge in [0.1, 0.15) is 5.69 Å². The number of carboxylic acids is 1. The van der Waals surface area contributed by atoms with Crippen molar-refractivity contribution in [3.05, 3.63) is 33.4 Å². The Morgan fingerprint density at radius 2 is 2.05 bits per heavy atom.